The second-order valence-electron chi connectivity index (χ2n) is 3.58. The van der Waals surface area contributed by atoms with Crippen molar-refractivity contribution in [2.75, 3.05) is 0 Å². The molecule has 4 nitrogen and oxygen atoms in total. The van der Waals surface area contributed by atoms with Gasteiger partial charge in [0.2, 0.25) is 9.84 Å². The first-order valence-electron chi connectivity index (χ1n) is 4.94. The van der Waals surface area contributed by atoms with Gasteiger partial charge in [-0.1, -0.05) is 23.7 Å². The van der Waals surface area contributed by atoms with Gasteiger partial charge >= 0.3 is 0 Å². The van der Waals surface area contributed by atoms with E-state index in [0.29, 0.717) is 0 Å². The van der Waals surface area contributed by atoms with E-state index in [1.54, 1.807) is 0 Å². The van der Waals surface area contributed by atoms with Gasteiger partial charge in [-0.3, -0.25) is 0 Å². The maximum Gasteiger partial charge on any atom is 0.213 e. The van der Waals surface area contributed by atoms with E-state index >= 15 is 0 Å². The second-order valence-corrected chi connectivity index (χ2v) is 5.91. The van der Waals surface area contributed by atoms with Crippen LogP contribution in [0.4, 0.5) is 0 Å². The molecule has 0 radical (unpaired) electrons. The molecule has 0 aliphatic carbocycles. The number of aromatic hydroxyl groups is 2. The lowest BCUT2D eigenvalue weighted by Crippen LogP contribution is -2.02. The molecule has 18 heavy (non-hydrogen) atoms. The molecule has 0 aliphatic heterocycles. The van der Waals surface area contributed by atoms with Gasteiger partial charge in [-0.15, -0.1) is 0 Å². The van der Waals surface area contributed by atoms with E-state index in [1.165, 1.54) is 36.4 Å². The quantitative estimate of drug-likeness (QED) is 0.889. The Morgan fingerprint density at radius 1 is 0.889 bits per heavy atom. The lowest BCUT2D eigenvalue weighted by Gasteiger charge is -2.08. The van der Waals surface area contributed by atoms with Crippen LogP contribution in [0.15, 0.2) is 52.3 Å². The number of halogens is 1. The number of benzene rings is 2. The summed E-state index contributed by atoms with van der Waals surface area (Å²) < 4.78 is 24.5. The van der Waals surface area contributed by atoms with Gasteiger partial charge in [0.1, 0.15) is 21.3 Å². The SMILES string of the molecule is O=S(=O)(c1ccccc1O)c1cc(Cl)ccc1O. The van der Waals surface area contributed by atoms with Crippen molar-refractivity contribution in [3.63, 3.8) is 0 Å². The summed E-state index contributed by atoms with van der Waals surface area (Å²) in [5.74, 6) is -0.792. The summed E-state index contributed by atoms with van der Waals surface area (Å²) >= 11 is 5.71. The molecule has 0 saturated carbocycles. The van der Waals surface area contributed by atoms with Gasteiger partial charge < -0.3 is 10.2 Å². The molecular formula is C12H9ClO4S. The topological polar surface area (TPSA) is 74.6 Å². The molecule has 0 amide bonds. The fraction of sp³-hybridized carbons (Fsp3) is 0. The minimum atomic E-state index is -4.01. The van der Waals surface area contributed by atoms with Crippen LogP contribution >= 0.6 is 11.6 Å². The predicted molar refractivity (Wildman–Crippen MR) is 66.7 cm³/mol. The zero-order valence-corrected chi connectivity index (χ0v) is 10.6. The first-order valence-corrected chi connectivity index (χ1v) is 6.80. The highest BCUT2D eigenvalue weighted by Gasteiger charge is 2.24. The minimum absolute atomic E-state index is 0.182. The Morgan fingerprint density at radius 2 is 1.50 bits per heavy atom. The summed E-state index contributed by atoms with van der Waals surface area (Å²) in [5, 5.41) is 19.4. The molecule has 0 bridgehead atoms. The van der Waals surface area contributed by atoms with Crippen LogP contribution in [-0.2, 0) is 9.84 Å². The van der Waals surface area contributed by atoms with E-state index in [9.17, 15) is 18.6 Å². The molecule has 6 heteroatoms. The van der Waals surface area contributed by atoms with Crippen LogP contribution < -0.4 is 0 Å². The van der Waals surface area contributed by atoms with Crippen molar-refractivity contribution in [1.82, 2.24) is 0 Å². The Balaban J connectivity index is 2.70. The normalized spacial score (nSPS) is 11.4. The predicted octanol–water partition coefficient (Wildman–Crippen LogP) is 2.58. The number of hydrogen-bond donors (Lipinski definition) is 2. The van der Waals surface area contributed by atoms with Crippen molar-refractivity contribution < 1.29 is 18.6 Å². The van der Waals surface area contributed by atoms with Gasteiger partial charge in [0.15, 0.2) is 0 Å². The molecule has 0 fully saturated rings. The first kappa shape index (κ1) is 12.7. The third-order valence-electron chi connectivity index (χ3n) is 2.37. The summed E-state index contributed by atoms with van der Waals surface area (Å²) in [5.41, 5.74) is 0. The summed E-state index contributed by atoms with van der Waals surface area (Å²) in [4.78, 5) is -0.612. The largest absolute Gasteiger partial charge is 0.507 e. The van der Waals surface area contributed by atoms with Crippen LogP contribution in [0.5, 0.6) is 11.5 Å². The average molecular weight is 285 g/mol. The summed E-state index contributed by atoms with van der Waals surface area (Å²) in [7, 11) is -4.01. The van der Waals surface area contributed by atoms with E-state index in [2.05, 4.69) is 0 Å². The molecule has 0 aliphatic rings. The molecule has 0 unspecified atom stereocenters. The number of hydrogen-bond acceptors (Lipinski definition) is 4. The van der Waals surface area contributed by atoms with Crippen LogP contribution in [0.25, 0.3) is 0 Å². The zero-order valence-electron chi connectivity index (χ0n) is 9.04. The van der Waals surface area contributed by atoms with Crippen LogP contribution in [0.3, 0.4) is 0 Å². The molecule has 2 N–H and O–H groups in total. The number of phenolic OH excluding ortho intramolecular Hbond substituents is 2. The maximum atomic E-state index is 12.2. The molecular weight excluding hydrogens is 276 g/mol. The summed E-state index contributed by atoms with van der Waals surface area (Å²) in [6.45, 7) is 0. The molecule has 0 spiro atoms. The minimum Gasteiger partial charge on any atom is -0.507 e. The number of rotatable bonds is 2. The van der Waals surface area contributed by atoms with Gasteiger partial charge in [0, 0.05) is 5.02 Å². The molecule has 94 valence electrons. The highest BCUT2D eigenvalue weighted by atomic mass is 35.5. The highest BCUT2D eigenvalue weighted by Crippen LogP contribution is 2.34. The molecule has 0 heterocycles. The van der Waals surface area contributed by atoms with Crippen molar-refractivity contribution in [1.29, 1.82) is 0 Å². The van der Waals surface area contributed by atoms with Crippen molar-refractivity contribution in [2.45, 2.75) is 9.79 Å². The maximum absolute atomic E-state index is 12.2. The molecule has 0 aromatic heterocycles. The van der Waals surface area contributed by atoms with E-state index in [4.69, 9.17) is 11.6 Å². The van der Waals surface area contributed by atoms with Gasteiger partial charge in [0.25, 0.3) is 0 Å². The average Bonchev–Trinajstić information content (AvgIpc) is 2.32. The lowest BCUT2D eigenvalue weighted by atomic mass is 10.3. The zero-order chi connectivity index (χ0) is 13.3. The fourth-order valence-electron chi connectivity index (χ4n) is 1.51. The smallest absolute Gasteiger partial charge is 0.213 e. The fourth-order valence-corrected chi connectivity index (χ4v) is 3.21. The standard InChI is InChI=1S/C12H9ClO4S/c13-8-5-6-10(15)12(7-8)18(16,17)11-4-2-1-3-9(11)14/h1-7,14-15H. The Labute approximate surface area is 109 Å². The number of phenols is 2. The molecule has 0 atom stereocenters. The van der Waals surface area contributed by atoms with Crippen LogP contribution in [0.1, 0.15) is 0 Å². The number of para-hydroxylation sites is 1. The second kappa shape index (κ2) is 4.51. The van der Waals surface area contributed by atoms with Gasteiger partial charge in [-0.25, -0.2) is 8.42 Å². The van der Waals surface area contributed by atoms with E-state index in [1.807, 2.05) is 0 Å². The van der Waals surface area contributed by atoms with E-state index < -0.39 is 15.6 Å². The van der Waals surface area contributed by atoms with Crippen LogP contribution in [-0.4, -0.2) is 18.6 Å². The Kier molecular flexibility index (Phi) is 3.19. The van der Waals surface area contributed by atoms with Gasteiger partial charge in [-0.05, 0) is 30.3 Å². The molecule has 0 saturated heterocycles. The Hall–Kier alpha value is -1.72. The van der Waals surface area contributed by atoms with Crippen LogP contribution in [0.2, 0.25) is 5.02 Å². The lowest BCUT2D eigenvalue weighted by molar-refractivity contribution is 0.453. The first-order chi connectivity index (χ1) is 8.43. The van der Waals surface area contributed by atoms with Crippen molar-refractivity contribution >= 4 is 21.4 Å². The number of sulfone groups is 1. The van der Waals surface area contributed by atoms with Crippen molar-refractivity contribution in [3.05, 3.63) is 47.5 Å². The highest BCUT2D eigenvalue weighted by molar-refractivity contribution is 7.91. The summed E-state index contributed by atoms with van der Waals surface area (Å²) in [6, 6.07) is 9.20. The van der Waals surface area contributed by atoms with Gasteiger partial charge in [-0.2, -0.15) is 0 Å². The van der Waals surface area contributed by atoms with Crippen LogP contribution in [0, 0.1) is 0 Å². The Morgan fingerprint density at radius 3 is 2.17 bits per heavy atom. The molecule has 2 aromatic carbocycles. The molecule has 2 rings (SSSR count). The van der Waals surface area contributed by atoms with Crippen molar-refractivity contribution in [3.8, 4) is 11.5 Å². The van der Waals surface area contributed by atoms with Crippen molar-refractivity contribution in [2.24, 2.45) is 0 Å². The third kappa shape index (κ3) is 2.14. The molecule has 2 aromatic rings. The van der Waals surface area contributed by atoms with E-state index in [0.717, 1.165) is 6.07 Å². The monoisotopic (exact) mass is 284 g/mol. The van der Waals surface area contributed by atoms with E-state index in [-0.39, 0.29) is 20.6 Å². The summed E-state index contributed by atoms with van der Waals surface area (Å²) in [6.07, 6.45) is 0. The Bertz CT molecular complexity index is 695. The third-order valence-corrected chi connectivity index (χ3v) is 4.43. The van der Waals surface area contributed by atoms with Gasteiger partial charge in [0.05, 0.1) is 0 Å².